The topological polar surface area (TPSA) is 33.5 Å². The van der Waals surface area contributed by atoms with Crippen molar-refractivity contribution >= 4 is 44.6 Å². The highest BCUT2D eigenvalue weighted by Crippen LogP contribution is 2.51. The fourth-order valence-electron chi connectivity index (χ4n) is 9.25. The van der Waals surface area contributed by atoms with E-state index < -0.39 is 0 Å². The molecule has 1 aliphatic heterocycles. The number of aromatic nitrogens is 2. The maximum atomic E-state index is 14.9. The van der Waals surface area contributed by atoms with Gasteiger partial charge in [-0.2, -0.15) is 0 Å². The third-order valence-electron chi connectivity index (χ3n) is 13.0. The highest BCUT2D eigenvalue weighted by Gasteiger charge is 2.33. The minimum absolute atomic E-state index is 0.0457. The summed E-state index contributed by atoms with van der Waals surface area (Å²) in [6.45, 7) is 20.9. The molecule has 3 heterocycles. The van der Waals surface area contributed by atoms with Gasteiger partial charge in [0.15, 0.2) is 0 Å². The van der Waals surface area contributed by atoms with Gasteiger partial charge in [0, 0.05) is 46.0 Å². The minimum Gasteiger partial charge on any atom is -0.457 e. The Morgan fingerprint density at radius 1 is 0.485 bits per heavy atom. The number of anilines is 4. The smallest absolute Gasteiger partial charge is 0.137 e. The van der Waals surface area contributed by atoms with Crippen molar-refractivity contribution in [3.63, 3.8) is 0 Å². The molecule has 6 heteroatoms. The van der Waals surface area contributed by atoms with Gasteiger partial charge in [-0.1, -0.05) is 135 Å². The molecule has 5 nitrogen and oxygen atoms in total. The standard InChI is InChI=1S/C60H57FN4O/c1-58(2,3)42-28-29-62-56(35-42)65-53-27-24-40(39-16-11-10-12-17-39)31-52(53)51-26-25-49(37-55(51)65)66-48-21-14-20-46(36-48)63-38-64(47-33-43(59(4,5)6)32-44(34-47)60(7,8)9)57-50(22-15-23-54(57)63)41-18-13-19-45(61)30-41/h10-37H,38H2,1-9H3. The first-order chi connectivity index (χ1) is 31.5. The third kappa shape index (κ3) is 7.99. The minimum atomic E-state index is -0.258. The van der Waals surface area contributed by atoms with Crippen LogP contribution in [-0.4, -0.2) is 16.2 Å². The van der Waals surface area contributed by atoms with Gasteiger partial charge in [-0.15, -0.1) is 0 Å². The lowest BCUT2D eigenvalue weighted by Crippen LogP contribution is -2.25. The molecule has 1 aliphatic rings. The maximum absolute atomic E-state index is 14.9. The van der Waals surface area contributed by atoms with Crippen molar-refractivity contribution in [1.29, 1.82) is 0 Å². The Labute approximate surface area is 388 Å². The van der Waals surface area contributed by atoms with Gasteiger partial charge in [-0.05, 0) is 128 Å². The third-order valence-corrected chi connectivity index (χ3v) is 13.0. The summed E-state index contributed by atoms with van der Waals surface area (Å²) in [5, 5.41) is 2.28. The molecule has 66 heavy (non-hydrogen) atoms. The van der Waals surface area contributed by atoms with E-state index in [1.165, 1.54) is 28.3 Å². The zero-order chi connectivity index (χ0) is 46.1. The van der Waals surface area contributed by atoms with Gasteiger partial charge in [-0.3, -0.25) is 4.57 Å². The molecule has 7 aromatic carbocycles. The molecule has 0 spiro atoms. The van der Waals surface area contributed by atoms with E-state index in [9.17, 15) is 4.39 Å². The zero-order valence-electron chi connectivity index (χ0n) is 39.4. The molecule has 0 bridgehead atoms. The van der Waals surface area contributed by atoms with Crippen molar-refractivity contribution in [2.45, 2.75) is 78.6 Å². The summed E-state index contributed by atoms with van der Waals surface area (Å²) in [5.41, 5.74) is 14.0. The molecule has 0 radical (unpaired) electrons. The lowest BCUT2D eigenvalue weighted by molar-refractivity contribution is 0.483. The average Bonchev–Trinajstić information content (AvgIpc) is 3.84. The van der Waals surface area contributed by atoms with Crippen molar-refractivity contribution in [2.24, 2.45) is 0 Å². The van der Waals surface area contributed by atoms with Gasteiger partial charge in [0.1, 0.15) is 29.8 Å². The normalized spacial score (nSPS) is 13.2. The molecule has 0 N–H and O–H groups in total. The van der Waals surface area contributed by atoms with Gasteiger partial charge in [0.05, 0.1) is 22.4 Å². The Kier molecular flexibility index (Phi) is 10.4. The molecule has 0 saturated heterocycles. The molecule has 10 rings (SSSR count). The molecule has 330 valence electrons. The van der Waals surface area contributed by atoms with E-state index in [1.807, 2.05) is 18.3 Å². The van der Waals surface area contributed by atoms with Crippen LogP contribution in [0.2, 0.25) is 0 Å². The van der Waals surface area contributed by atoms with Crippen LogP contribution in [-0.2, 0) is 16.2 Å². The lowest BCUT2D eigenvalue weighted by Gasteiger charge is -2.30. The van der Waals surface area contributed by atoms with Crippen molar-refractivity contribution in [3.05, 3.63) is 192 Å². The van der Waals surface area contributed by atoms with Crippen LogP contribution < -0.4 is 14.5 Å². The molecular formula is C60H57FN4O. The number of nitrogens with zero attached hydrogens (tertiary/aromatic N) is 4. The summed E-state index contributed by atoms with van der Waals surface area (Å²) in [6.07, 6.45) is 1.92. The van der Waals surface area contributed by atoms with Gasteiger partial charge in [0.25, 0.3) is 0 Å². The predicted molar refractivity (Wildman–Crippen MR) is 274 cm³/mol. The largest absolute Gasteiger partial charge is 0.457 e. The quantitative estimate of drug-likeness (QED) is 0.160. The number of hydrogen-bond donors (Lipinski definition) is 0. The fraction of sp³-hybridized carbons (Fsp3) is 0.217. The Bertz CT molecular complexity index is 3260. The Morgan fingerprint density at radius 3 is 1.91 bits per heavy atom. The number of rotatable bonds is 7. The first kappa shape index (κ1) is 42.8. The molecule has 9 aromatic rings. The highest BCUT2D eigenvalue weighted by atomic mass is 19.1. The first-order valence-corrected chi connectivity index (χ1v) is 23.0. The fourth-order valence-corrected chi connectivity index (χ4v) is 9.25. The van der Waals surface area contributed by atoms with Gasteiger partial charge < -0.3 is 14.5 Å². The molecule has 0 fully saturated rings. The summed E-state index contributed by atoms with van der Waals surface area (Å²) in [4.78, 5) is 9.68. The monoisotopic (exact) mass is 868 g/mol. The van der Waals surface area contributed by atoms with Crippen LogP contribution in [0.1, 0.15) is 79.0 Å². The molecule has 0 amide bonds. The molecule has 0 saturated carbocycles. The second-order valence-electron chi connectivity index (χ2n) is 20.8. The first-order valence-electron chi connectivity index (χ1n) is 23.0. The summed E-state index contributed by atoms with van der Waals surface area (Å²) in [6, 6.07) is 56.6. The summed E-state index contributed by atoms with van der Waals surface area (Å²) in [5.74, 6) is 2.06. The van der Waals surface area contributed by atoms with Crippen molar-refractivity contribution in [3.8, 4) is 39.6 Å². The van der Waals surface area contributed by atoms with E-state index in [4.69, 9.17) is 9.72 Å². The van der Waals surface area contributed by atoms with Crippen LogP contribution in [0.5, 0.6) is 11.5 Å². The van der Waals surface area contributed by atoms with E-state index in [0.717, 1.165) is 78.6 Å². The Balaban J connectivity index is 1.07. The average molecular weight is 869 g/mol. The lowest BCUT2D eigenvalue weighted by atomic mass is 9.80. The molecule has 0 unspecified atom stereocenters. The second kappa shape index (κ2) is 16.1. The van der Waals surface area contributed by atoms with Crippen molar-refractivity contribution in [1.82, 2.24) is 9.55 Å². The van der Waals surface area contributed by atoms with Gasteiger partial charge in [0.2, 0.25) is 0 Å². The van der Waals surface area contributed by atoms with Gasteiger partial charge in [-0.25, -0.2) is 9.37 Å². The van der Waals surface area contributed by atoms with Crippen LogP contribution in [0.15, 0.2) is 170 Å². The molecule has 0 atom stereocenters. The van der Waals surface area contributed by atoms with Crippen LogP contribution in [0.3, 0.4) is 0 Å². The molecular weight excluding hydrogens is 812 g/mol. The number of halogens is 1. The van der Waals surface area contributed by atoms with Crippen LogP contribution in [0, 0.1) is 5.82 Å². The SMILES string of the molecule is CC(C)(C)c1cc(N2CN(c3cccc(Oc4ccc5c6cc(-c7ccccc7)ccc6n(-c6cc(C(C)(C)C)ccn6)c5c4)c3)c3cccc(-c4cccc(F)c4)c32)cc(C(C)(C)C)c1. The van der Waals surface area contributed by atoms with Gasteiger partial charge >= 0.3 is 0 Å². The Morgan fingerprint density at radius 2 is 1.18 bits per heavy atom. The second-order valence-corrected chi connectivity index (χ2v) is 20.8. The van der Waals surface area contributed by atoms with Crippen LogP contribution in [0.4, 0.5) is 27.1 Å². The number of para-hydroxylation sites is 1. The molecule has 2 aromatic heterocycles. The van der Waals surface area contributed by atoms with E-state index in [2.05, 4.69) is 210 Å². The summed E-state index contributed by atoms with van der Waals surface area (Å²) >= 11 is 0. The molecule has 0 aliphatic carbocycles. The number of ether oxygens (including phenoxy) is 1. The number of fused-ring (bicyclic) bond motifs is 4. The van der Waals surface area contributed by atoms with Crippen molar-refractivity contribution < 1.29 is 9.13 Å². The highest BCUT2D eigenvalue weighted by molar-refractivity contribution is 6.10. The number of benzene rings is 7. The van der Waals surface area contributed by atoms with E-state index in [-0.39, 0.29) is 22.1 Å². The van der Waals surface area contributed by atoms with E-state index >= 15 is 0 Å². The zero-order valence-corrected chi connectivity index (χ0v) is 39.4. The van der Waals surface area contributed by atoms with E-state index in [1.54, 1.807) is 12.1 Å². The van der Waals surface area contributed by atoms with Crippen LogP contribution in [0.25, 0.3) is 49.9 Å². The predicted octanol–water partition coefficient (Wildman–Crippen LogP) is 16.6. The van der Waals surface area contributed by atoms with Crippen LogP contribution >= 0.6 is 0 Å². The maximum Gasteiger partial charge on any atom is 0.137 e. The number of pyridine rings is 1. The number of hydrogen-bond acceptors (Lipinski definition) is 4. The van der Waals surface area contributed by atoms with E-state index in [0.29, 0.717) is 6.67 Å². The summed E-state index contributed by atoms with van der Waals surface area (Å²) in [7, 11) is 0. The Hall–Kier alpha value is -7.18. The summed E-state index contributed by atoms with van der Waals surface area (Å²) < 4.78 is 24.0. The van der Waals surface area contributed by atoms with Crippen molar-refractivity contribution in [2.75, 3.05) is 16.5 Å².